The average molecular weight is 232 g/mol. The summed E-state index contributed by atoms with van der Waals surface area (Å²) in [4.78, 5) is 24.0. The summed E-state index contributed by atoms with van der Waals surface area (Å²) in [6.45, 7) is 5.77. The molecule has 1 aliphatic rings. The van der Waals surface area contributed by atoms with Gasteiger partial charge in [-0.05, 0) is 17.5 Å². The molecule has 0 radical (unpaired) electrons. The van der Waals surface area contributed by atoms with Crippen LogP contribution >= 0.6 is 0 Å². The molecule has 1 atom stereocenters. The quantitative estimate of drug-likeness (QED) is 0.716. The summed E-state index contributed by atoms with van der Waals surface area (Å²) in [6, 6.07) is 6.49. The minimum Gasteiger partial charge on any atom is -0.340 e. The molecule has 4 heteroatoms. The van der Waals surface area contributed by atoms with Crippen molar-refractivity contribution in [2.45, 2.75) is 26.8 Å². The molecule has 1 heterocycles. The standard InChI is InChI=1S/C13H16N2O2/c1-13(2,3)10-12(17)14-9-7-5-4-6-8(9)11(16)15-10/h4-7,10H,1-3H3,(H,14,17)(H,15,16). The highest BCUT2D eigenvalue weighted by Gasteiger charge is 2.35. The fraction of sp³-hybridized carbons (Fsp3) is 0.385. The van der Waals surface area contributed by atoms with Crippen molar-refractivity contribution < 1.29 is 9.59 Å². The molecule has 17 heavy (non-hydrogen) atoms. The Hall–Kier alpha value is -1.84. The number of carbonyl (C=O) groups is 2. The predicted octanol–water partition coefficient (Wildman–Crippen LogP) is 1.78. The third-order valence-corrected chi connectivity index (χ3v) is 2.83. The summed E-state index contributed by atoms with van der Waals surface area (Å²) in [7, 11) is 0. The van der Waals surface area contributed by atoms with Crippen LogP contribution in [0, 0.1) is 5.41 Å². The minimum atomic E-state index is -0.526. The van der Waals surface area contributed by atoms with Gasteiger partial charge in [-0.1, -0.05) is 32.9 Å². The lowest BCUT2D eigenvalue weighted by molar-refractivity contribution is -0.120. The zero-order valence-corrected chi connectivity index (χ0v) is 10.2. The fourth-order valence-corrected chi connectivity index (χ4v) is 1.88. The van der Waals surface area contributed by atoms with Crippen molar-refractivity contribution in [1.82, 2.24) is 5.32 Å². The van der Waals surface area contributed by atoms with Crippen LogP contribution in [0.4, 0.5) is 5.69 Å². The largest absolute Gasteiger partial charge is 0.340 e. The van der Waals surface area contributed by atoms with Gasteiger partial charge in [0.2, 0.25) is 5.91 Å². The summed E-state index contributed by atoms with van der Waals surface area (Å²) in [6.07, 6.45) is 0. The lowest BCUT2D eigenvalue weighted by atomic mass is 9.86. The SMILES string of the molecule is CC(C)(C)C1NC(=O)c2ccccc2NC1=O. The van der Waals surface area contributed by atoms with Gasteiger partial charge < -0.3 is 10.6 Å². The van der Waals surface area contributed by atoms with Gasteiger partial charge in [0.15, 0.2) is 0 Å². The van der Waals surface area contributed by atoms with E-state index < -0.39 is 6.04 Å². The van der Waals surface area contributed by atoms with Crippen LogP contribution in [0.1, 0.15) is 31.1 Å². The van der Waals surface area contributed by atoms with Crippen molar-refractivity contribution in [3.05, 3.63) is 29.8 Å². The molecule has 0 saturated carbocycles. The highest BCUT2D eigenvalue weighted by atomic mass is 16.2. The predicted molar refractivity (Wildman–Crippen MR) is 65.8 cm³/mol. The third-order valence-electron chi connectivity index (χ3n) is 2.83. The molecule has 1 aromatic rings. The molecule has 2 N–H and O–H groups in total. The maximum Gasteiger partial charge on any atom is 0.254 e. The Morgan fingerprint density at radius 2 is 1.76 bits per heavy atom. The van der Waals surface area contributed by atoms with Crippen LogP contribution in [0.2, 0.25) is 0 Å². The molecule has 1 aromatic carbocycles. The summed E-state index contributed by atoms with van der Waals surface area (Å²) >= 11 is 0. The van der Waals surface area contributed by atoms with Crippen LogP contribution in [-0.2, 0) is 4.79 Å². The van der Waals surface area contributed by atoms with Gasteiger partial charge in [0.25, 0.3) is 5.91 Å². The van der Waals surface area contributed by atoms with Crippen LogP contribution in [0.15, 0.2) is 24.3 Å². The molecule has 0 bridgehead atoms. The van der Waals surface area contributed by atoms with Crippen LogP contribution in [0.5, 0.6) is 0 Å². The Kier molecular flexibility index (Phi) is 2.65. The van der Waals surface area contributed by atoms with Gasteiger partial charge in [-0.25, -0.2) is 0 Å². The molecule has 4 nitrogen and oxygen atoms in total. The van der Waals surface area contributed by atoms with E-state index in [2.05, 4.69) is 10.6 Å². The molecule has 2 amide bonds. The van der Waals surface area contributed by atoms with Gasteiger partial charge >= 0.3 is 0 Å². The van der Waals surface area contributed by atoms with Gasteiger partial charge in [0.05, 0.1) is 11.3 Å². The molecule has 0 fully saturated rings. The Morgan fingerprint density at radius 3 is 2.41 bits per heavy atom. The number of amides is 2. The second-order valence-corrected chi connectivity index (χ2v) is 5.31. The molecule has 0 saturated heterocycles. The smallest absolute Gasteiger partial charge is 0.254 e. The zero-order chi connectivity index (χ0) is 12.6. The van der Waals surface area contributed by atoms with E-state index >= 15 is 0 Å². The number of hydrogen-bond donors (Lipinski definition) is 2. The molecular formula is C13H16N2O2. The van der Waals surface area contributed by atoms with Crippen molar-refractivity contribution in [1.29, 1.82) is 0 Å². The summed E-state index contributed by atoms with van der Waals surface area (Å²) in [5.41, 5.74) is 0.760. The number of nitrogens with one attached hydrogen (secondary N) is 2. The van der Waals surface area contributed by atoms with E-state index in [0.717, 1.165) is 0 Å². The van der Waals surface area contributed by atoms with Crippen LogP contribution in [0.25, 0.3) is 0 Å². The van der Waals surface area contributed by atoms with E-state index in [1.165, 1.54) is 0 Å². The number of anilines is 1. The van der Waals surface area contributed by atoms with Gasteiger partial charge in [-0.2, -0.15) is 0 Å². The van der Waals surface area contributed by atoms with E-state index in [-0.39, 0.29) is 17.2 Å². The first kappa shape index (κ1) is 11.6. The number of rotatable bonds is 0. The Labute approximate surface area is 100 Å². The minimum absolute atomic E-state index is 0.171. The number of hydrogen-bond acceptors (Lipinski definition) is 2. The summed E-state index contributed by atoms with van der Waals surface area (Å²) in [5, 5.41) is 5.56. The summed E-state index contributed by atoms with van der Waals surface area (Å²) < 4.78 is 0. The van der Waals surface area contributed by atoms with E-state index in [1.54, 1.807) is 24.3 Å². The molecule has 90 valence electrons. The Bertz CT molecular complexity index is 475. The highest BCUT2D eigenvalue weighted by molar-refractivity contribution is 6.10. The molecule has 1 aliphatic heterocycles. The van der Waals surface area contributed by atoms with Gasteiger partial charge in [0, 0.05) is 0 Å². The normalized spacial score (nSPS) is 20.1. The fourth-order valence-electron chi connectivity index (χ4n) is 1.88. The Morgan fingerprint density at radius 1 is 1.12 bits per heavy atom. The molecule has 1 unspecified atom stereocenters. The van der Waals surface area contributed by atoms with Crippen molar-refractivity contribution in [3.8, 4) is 0 Å². The Balaban J connectivity index is 2.42. The monoisotopic (exact) mass is 232 g/mol. The van der Waals surface area contributed by atoms with Crippen LogP contribution < -0.4 is 10.6 Å². The van der Waals surface area contributed by atoms with Crippen molar-refractivity contribution in [2.24, 2.45) is 5.41 Å². The second-order valence-electron chi connectivity index (χ2n) is 5.31. The highest BCUT2D eigenvalue weighted by Crippen LogP contribution is 2.25. The third kappa shape index (κ3) is 2.16. The van der Waals surface area contributed by atoms with E-state index in [9.17, 15) is 9.59 Å². The van der Waals surface area contributed by atoms with Crippen LogP contribution in [-0.4, -0.2) is 17.9 Å². The summed E-state index contributed by atoms with van der Waals surface area (Å²) in [5.74, 6) is -0.380. The number of fused-ring (bicyclic) bond motifs is 1. The zero-order valence-electron chi connectivity index (χ0n) is 10.2. The number of para-hydroxylation sites is 1. The molecule has 0 aliphatic carbocycles. The van der Waals surface area contributed by atoms with Gasteiger partial charge in [-0.15, -0.1) is 0 Å². The maximum atomic E-state index is 12.0. The van der Waals surface area contributed by atoms with Gasteiger partial charge in [-0.3, -0.25) is 9.59 Å². The average Bonchev–Trinajstić information content (AvgIpc) is 2.36. The van der Waals surface area contributed by atoms with E-state index in [1.807, 2.05) is 20.8 Å². The number of benzene rings is 1. The number of carbonyl (C=O) groups excluding carboxylic acids is 2. The van der Waals surface area contributed by atoms with Crippen molar-refractivity contribution >= 4 is 17.5 Å². The molecule has 2 rings (SSSR count). The molecular weight excluding hydrogens is 216 g/mol. The van der Waals surface area contributed by atoms with Crippen molar-refractivity contribution in [3.63, 3.8) is 0 Å². The lowest BCUT2D eigenvalue weighted by Crippen LogP contribution is -2.49. The van der Waals surface area contributed by atoms with E-state index in [0.29, 0.717) is 11.3 Å². The topological polar surface area (TPSA) is 58.2 Å². The first-order chi connectivity index (χ1) is 7.89. The molecule has 0 aromatic heterocycles. The maximum absolute atomic E-state index is 12.0. The van der Waals surface area contributed by atoms with Crippen LogP contribution in [0.3, 0.4) is 0 Å². The first-order valence-corrected chi connectivity index (χ1v) is 5.60. The van der Waals surface area contributed by atoms with E-state index in [4.69, 9.17) is 0 Å². The molecule has 0 spiro atoms. The van der Waals surface area contributed by atoms with Crippen molar-refractivity contribution in [2.75, 3.05) is 5.32 Å². The first-order valence-electron chi connectivity index (χ1n) is 5.60. The lowest BCUT2D eigenvalue weighted by Gasteiger charge is -2.28. The van der Waals surface area contributed by atoms with Gasteiger partial charge in [0.1, 0.15) is 6.04 Å². The second kappa shape index (κ2) is 3.87.